The molecule has 3 fully saturated rings. The van der Waals surface area contributed by atoms with Gasteiger partial charge in [-0.05, 0) is 36.7 Å². The lowest BCUT2D eigenvalue weighted by atomic mass is 9.42. The molecule has 4 rings (SSSR count). The largest absolute Gasteiger partial charge is 0.294 e. The predicted octanol–water partition coefficient (Wildman–Crippen LogP) is 3.79. The van der Waals surface area contributed by atoms with Gasteiger partial charge in [-0.3, -0.25) is 4.79 Å². The summed E-state index contributed by atoms with van der Waals surface area (Å²) < 4.78 is 0. The molecule has 16 heavy (non-hydrogen) atoms. The normalized spacial score (nSPS) is 30.8. The molecular formula is C15H18O. The Kier molecular flexibility index (Phi) is 2.01. The maximum absolute atomic E-state index is 12.3. The van der Waals surface area contributed by atoms with Crippen LogP contribution in [0.1, 0.15) is 54.9 Å². The van der Waals surface area contributed by atoms with Gasteiger partial charge in [-0.1, -0.05) is 38.1 Å². The molecule has 1 aromatic rings. The maximum Gasteiger partial charge on any atom is 0.169 e. The van der Waals surface area contributed by atoms with E-state index in [0.29, 0.717) is 11.7 Å². The van der Waals surface area contributed by atoms with Crippen LogP contribution in [0.25, 0.3) is 0 Å². The van der Waals surface area contributed by atoms with Crippen molar-refractivity contribution in [1.82, 2.24) is 0 Å². The third kappa shape index (κ3) is 1.27. The minimum Gasteiger partial charge on any atom is -0.294 e. The highest BCUT2D eigenvalue weighted by Crippen LogP contribution is 2.65. The molecule has 0 N–H and O–H groups in total. The van der Waals surface area contributed by atoms with E-state index in [0.717, 1.165) is 30.7 Å². The highest BCUT2D eigenvalue weighted by molar-refractivity contribution is 6.02. The van der Waals surface area contributed by atoms with Crippen molar-refractivity contribution in [1.29, 1.82) is 0 Å². The summed E-state index contributed by atoms with van der Waals surface area (Å²) in [6.45, 7) is 4.36. The van der Waals surface area contributed by atoms with Crippen LogP contribution in [-0.2, 0) is 0 Å². The van der Waals surface area contributed by atoms with Gasteiger partial charge in [0.25, 0.3) is 0 Å². The fraction of sp³-hybridized carbons (Fsp3) is 0.533. The van der Waals surface area contributed by atoms with E-state index >= 15 is 0 Å². The van der Waals surface area contributed by atoms with E-state index in [1.807, 2.05) is 12.1 Å². The Labute approximate surface area is 96.9 Å². The van der Waals surface area contributed by atoms with Gasteiger partial charge >= 0.3 is 0 Å². The molecule has 3 aliphatic rings. The number of hydrogen-bond acceptors (Lipinski definition) is 1. The smallest absolute Gasteiger partial charge is 0.169 e. The summed E-state index contributed by atoms with van der Waals surface area (Å²) in [5.74, 6) is 1.81. The Bertz CT molecular complexity index is 410. The molecule has 1 aromatic carbocycles. The molecule has 1 heteroatoms. The number of Topliss-reactive ketones (excluding diaryl/α,β-unsaturated/α-hetero) is 1. The molecule has 0 aliphatic heterocycles. The van der Waals surface area contributed by atoms with Crippen molar-refractivity contribution in [3.63, 3.8) is 0 Å². The van der Waals surface area contributed by atoms with E-state index in [1.54, 1.807) is 0 Å². The van der Waals surface area contributed by atoms with E-state index in [-0.39, 0.29) is 5.41 Å². The summed E-state index contributed by atoms with van der Waals surface area (Å²) in [6, 6.07) is 8.23. The summed E-state index contributed by atoms with van der Waals surface area (Å²) in [5.41, 5.74) is 2.31. The second kappa shape index (κ2) is 3.19. The molecule has 0 amide bonds. The van der Waals surface area contributed by atoms with Crippen molar-refractivity contribution < 1.29 is 4.79 Å². The van der Waals surface area contributed by atoms with Crippen molar-refractivity contribution >= 4 is 5.78 Å². The van der Waals surface area contributed by atoms with Crippen LogP contribution in [0.4, 0.5) is 0 Å². The second-order valence-electron chi connectivity index (χ2n) is 5.86. The Morgan fingerprint density at radius 2 is 1.75 bits per heavy atom. The minimum atomic E-state index is 0.0734. The van der Waals surface area contributed by atoms with E-state index < -0.39 is 0 Å². The number of hydrogen-bond donors (Lipinski definition) is 0. The first-order valence-corrected chi connectivity index (χ1v) is 6.25. The molecule has 84 valence electrons. The minimum absolute atomic E-state index is 0.0734. The monoisotopic (exact) mass is 214 g/mol. The Balaban J connectivity index is 1.81. The highest BCUT2D eigenvalue weighted by Gasteiger charge is 2.60. The van der Waals surface area contributed by atoms with Gasteiger partial charge in [-0.2, -0.15) is 0 Å². The average molecular weight is 214 g/mol. The molecule has 0 spiro atoms. The molecule has 0 unspecified atom stereocenters. The van der Waals surface area contributed by atoms with Crippen molar-refractivity contribution in [2.45, 2.75) is 39.0 Å². The van der Waals surface area contributed by atoms with E-state index in [1.165, 1.54) is 5.56 Å². The van der Waals surface area contributed by atoms with Crippen molar-refractivity contribution in [2.75, 3.05) is 0 Å². The van der Waals surface area contributed by atoms with E-state index in [9.17, 15) is 4.79 Å². The van der Waals surface area contributed by atoms with Gasteiger partial charge in [-0.25, -0.2) is 0 Å². The zero-order valence-corrected chi connectivity index (χ0v) is 9.99. The quantitative estimate of drug-likeness (QED) is 0.699. The third-order valence-corrected chi connectivity index (χ3v) is 4.36. The second-order valence-corrected chi connectivity index (χ2v) is 5.86. The summed E-state index contributed by atoms with van der Waals surface area (Å²) in [5, 5.41) is 0. The van der Waals surface area contributed by atoms with Crippen LogP contribution in [-0.4, -0.2) is 5.78 Å². The van der Waals surface area contributed by atoms with E-state index in [2.05, 4.69) is 26.0 Å². The molecule has 0 atom stereocenters. The van der Waals surface area contributed by atoms with Crippen LogP contribution in [0.15, 0.2) is 24.3 Å². The van der Waals surface area contributed by atoms with Gasteiger partial charge in [0, 0.05) is 11.0 Å². The first-order valence-electron chi connectivity index (χ1n) is 6.25. The summed E-state index contributed by atoms with van der Waals surface area (Å²) >= 11 is 0. The molecule has 0 radical (unpaired) electrons. The first kappa shape index (κ1) is 10.1. The third-order valence-electron chi connectivity index (χ3n) is 4.36. The van der Waals surface area contributed by atoms with Crippen LogP contribution < -0.4 is 0 Å². The topological polar surface area (TPSA) is 17.1 Å². The van der Waals surface area contributed by atoms with Gasteiger partial charge in [0.1, 0.15) is 0 Å². The van der Waals surface area contributed by atoms with Gasteiger partial charge in [0.05, 0.1) is 0 Å². The number of rotatable bonds is 3. The Morgan fingerprint density at radius 1 is 1.19 bits per heavy atom. The molecule has 0 aromatic heterocycles. The fourth-order valence-electron chi connectivity index (χ4n) is 3.08. The van der Waals surface area contributed by atoms with Gasteiger partial charge in [0.2, 0.25) is 0 Å². The van der Waals surface area contributed by atoms with Crippen LogP contribution in [0, 0.1) is 11.3 Å². The zero-order valence-electron chi connectivity index (χ0n) is 9.99. The lowest BCUT2D eigenvalue weighted by molar-refractivity contribution is -0.0707. The maximum atomic E-state index is 12.3. The number of carbonyl (C=O) groups is 1. The fourth-order valence-corrected chi connectivity index (χ4v) is 3.08. The van der Waals surface area contributed by atoms with Crippen LogP contribution >= 0.6 is 0 Å². The molecule has 0 saturated heterocycles. The predicted molar refractivity (Wildman–Crippen MR) is 64.6 cm³/mol. The molecule has 2 bridgehead atoms. The molecule has 3 aliphatic carbocycles. The van der Waals surface area contributed by atoms with Crippen LogP contribution in [0.2, 0.25) is 0 Å². The Hall–Kier alpha value is -1.11. The van der Waals surface area contributed by atoms with E-state index in [4.69, 9.17) is 0 Å². The molecule has 0 heterocycles. The number of benzene rings is 1. The van der Waals surface area contributed by atoms with Crippen molar-refractivity contribution in [3.8, 4) is 0 Å². The zero-order chi connectivity index (χ0) is 11.3. The summed E-state index contributed by atoms with van der Waals surface area (Å²) in [7, 11) is 0. The lowest BCUT2D eigenvalue weighted by Crippen LogP contribution is -2.56. The standard InChI is InChI=1S/C15H18O/c1-10(2)12-3-5-13(6-4-12)14(16)15-7-11(8-15)9-15/h3-6,10-11H,7-9H2,1-2H3. The Morgan fingerprint density at radius 3 is 2.12 bits per heavy atom. The van der Waals surface area contributed by atoms with Gasteiger partial charge in [0.15, 0.2) is 5.78 Å². The highest BCUT2D eigenvalue weighted by atomic mass is 16.1. The molecular weight excluding hydrogens is 196 g/mol. The van der Waals surface area contributed by atoms with Crippen molar-refractivity contribution in [3.05, 3.63) is 35.4 Å². The summed E-state index contributed by atoms with van der Waals surface area (Å²) in [4.78, 5) is 12.3. The average Bonchev–Trinajstić information content (AvgIpc) is 2.13. The number of ketones is 1. The SMILES string of the molecule is CC(C)c1ccc(C(=O)C23CC(C2)C3)cc1. The summed E-state index contributed by atoms with van der Waals surface area (Å²) in [6.07, 6.45) is 3.45. The molecule has 3 saturated carbocycles. The van der Waals surface area contributed by atoms with Crippen LogP contribution in [0.5, 0.6) is 0 Å². The lowest BCUT2D eigenvalue weighted by Gasteiger charge is -2.60. The van der Waals surface area contributed by atoms with Gasteiger partial charge in [-0.15, -0.1) is 0 Å². The van der Waals surface area contributed by atoms with Crippen molar-refractivity contribution in [2.24, 2.45) is 11.3 Å². The van der Waals surface area contributed by atoms with Gasteiger partial charge < -0.3 is 0 Å². The first-order chi connectivity index (χ1) is 7.61. The van der Waals surface area contributed by atoms with Crippen LogP contribution in [0.3, 0.4) is 0 Å². The molecule has 1 nitrogen and oxygen atoms in total. The number of carbonyl (C=O) groups excluding carboxylic acids is 1.